The van der Waals surface area contributed by atoms with Crippen LogP contribution in [-0.2, 0) is 25.7 Å². The van der Waals surface area contributed by atoms with Gasteiger partial charge in [0.2, 0.25) is 10.0 Å². The summed E-state index contributed by atoms with van der Waals surface area (Å²) in [7, 11) is -7.00. The Morgan fingerprint density at radius 1 is 1.11 bits per heavy atom. The van der Waals surface area contributed by atoms with Crippen molar-refractivity contribution in [3.63, 3.8) is 0 Å². The van der Waals surface area contributed by atoms with Gasteiger partial charge in [0.05, 0.1) is 17.2 Å². The van der Waals surface area contributed by atoms with Crippen molar-refractivity contribution in [2.75, 3.05) is 22.5 Å². The lowest BCUT2D eigenvalue weighted by Crippen LogP contribution is -2.22. The molecule has 0 heterocycles. The van der Waals surface area contributed by atoms with Gasteiger partial charge in [-0.15, -0.1) is 11.6 Å². The Morgan fingerprint density at radius 2 is 1.72 bits per heavy atom. The van der Waals surface area contributed by atoms with Crippen LogP contribution in [-0.4, -0.2) is 34.6 Å². The molecule has 0 aromatic heterocycles. The fourth-order valence-electron chi connectivity index (χ4n) is 1.22. The number of para-hydroxylation sites is 1. The molecule has 1 N–H and O–H groups in total. The fraction of sp³-hybridized carbons (Fsp3) is 0.400. The van der Waals surface area contributed by atoms with E-state index >= 15 is 0 Å². The summed E-state index contributed by atoms with van der Waals surface area (Å²) in [5.74, 6) is -0.710. The standard InChI is InChI=1S/C10H14ClNO4S2/c1-17(13,14)6-7-18(15,16)12-10-5-3-2-4-9(10)8-11/h2-5,12H,6-8H2,1H3. The number of halogens is 1. The molecule has 0 saturated heterocycles. The average molecular weight is 312 g/mol. The van der Waals surface area contributed by atoms with E-state index in [1.807, 2.05) is 0 Å². The molecule has 0 aliphatic carbocycles. The predicted octanol–water partition coefficient (Wildman–Crippen LogP) is 1.21. The molecule has 1 aromatic rings. The molecule has 0 fully saturated rings. The van der Waals surface area contributed by atoms with Gasteiger partial charge in [0.15, 0.2) is 0 Å². The van der Waals surface area contributed by atoms with Crippen molar-refractivity contribution in [2.45, 2.75) is 5.88 Å². The van der Waals surface area contributed by atoms with Gasteiger partial charge in [-0.25, -0.2) is 16.8 Å². The van der Waals surface area contributed by atoms with Crippen LogP contribution in [0.1, 0.15) is 5.56 Å². The minimum Gasteiger partial charge on any atom is -0.283 e. The van der Waals surface area contributed by atoms with E-state index in [1.165, 1.54) is 0 Å². The van der Waals surface area contributed by atoms with Gasteiger partial charge in [-0.05, 0) is 11.6 Å². The van der Waals surface area contributed by atoms with Crippen LogP contribution in [0.15, 0.2) is 24.3 Å². The first kappa shape index (κ1) is 15.3. The number of nitrogens with one attached hydrogen (secondary N) is 1. The predicted molar refractivity (Wildman–Crippen MR) is 73.1 cm³/mol. The van der Waals surface area contributed by atoms with E-state index in [0.717, 1.165) is 6.26 Å². The van der Waals surface area contributed by atoms with Crippen molar-refractivity contribution in [2.24, 2.45) is 0 Å². The highest BCUT2D eigenvalue weighted by molar-refractivity contribution is 7.95. The van der Waals surface area contributed by atoms with E-state index in [0.29, 0.717) is 11.3 Å². The van der Waals surface area contributed by atoms with Gasteiger partial charge in [-0.1, -0.05) is 18.2 Å². The SMILES string of the molecule is CS(=O)(=O)CCS(=O)(=O)Nc1ccccc1CCl. The number of hydrogen-bond acceptors (Lipinski definition) is 4. The number of sulfone groups is 1. The van der Waals surface area contributed by atoms with Crippen LogP contribution >= 0.6 is 11.6 Å². The third-order valence-corrected chi connectivity index (χ3v) is 4.91. The quantitative estimate of drug-likeness (QED) is 0.801. The first-order valence-corrected chi connectivity index (χ1v) is 9.30. The summed E-state index contributed by atoms with van der Waals surface area (Å²) >= 11 is 5.68. The van der Waals surface area contributed by atoms with Gasteiger partial charge in [-0.3, -0.25) is 4.72 Å². The molecule has 0 radical (unpaired) electrons. The number of alkyl halides is 1. The Balaban J connectivity index is 2.83. The lowest BCUT2D eigenvalue weighted by atomic mass is 10.2. The maximum absolute atomic E-state index is 11.7. The summed E-state index contributed by atoms with van der Waals surface area (Å²) in [6.45, 7) is 0. The van der Waals surface area contributed by atoms with Crippen LogP contribution in [0.2, 0.25) is 0 Å². The molecule has 0 aliphatic rings. The molecule has 102 valence electrons. The highest BCUT2D eigenvalue weighted by atomic mass is 35.5. The molecular formula is C10H14ClNO4S2. The molecule has 0 saturated carbocycles. The summed E-state index contributed by atoms with van der Waals surface area (Å²) in [5, 5.41) is 0. The number of sulfonamides is 1. The molecule has 5 nitrogen and oxygen atoms in total. The Kier molecular flexibility index (Phi) is 5.01. The van der Waals surface area contributed by atoms with Crippen LogP contribution in [0.4, 0.5) is 5.69 Å². The number of rotatable bonds is 6. The summed E-state index contributed by atoms with van der Waals surface area (Å²) in [5.41, 5.74) is 1.02. The molecule has 0 atom stereocenters. The van der Waals surface area contributed by atoms with Gasteiger partial charge in [0.1, 0.15) is 9.84 Å². The van der Waals surface area contributed by atoms with E-state index in [9.17, 15) is 16.8 Å². The van der Waals surface area contributed by atoms with Gasteiger partial charge in [0.25, 0.3) is 0 Å². The summed E-state index contributed by atoms with van der Waals surface area (Å²) in [6.07, 6.45) is 0.995. The highest BCUT2D eigenvalue weighted by Gasteiger charge is 2.15. The van der Waals surface area contributed by atoms with Gasteiger partial charge >= 0.3 is 0 Å². The maximum Gasteiger partial charge on any atom is 0.233 e. The van der Waals surface area contributed by atoms with Gasteiger partial charge in [-0.2, -0.15) is 0 Å². The number of anilines is 1. The van der Waals surface area contributed by atoms with Crippen molar-refractivity contribution in [3.8, 4) is 0 Å². The molecule has 1 rings (SSSR count). The lowest BCUT2D eigenvalue weighted by molar-refractivity contribution is 0.593. The molecule has 0 bridgehead atoms. The van der Waals surface area contributed by atoms with E-state index in [1.54, 1.807) is 24.3 Å². The molecule has 0 spiro atoms. The Morgan fingerprint density at radius 3 is 2.28 bits per heavy atom. The van der Waals surface area contributed by atoms with Crippen molar-refractivity contribution in [3.05, 3.63) is 29.8 Å². The molecule has 8 heteroatoms. The third kappa shape index (κ3) is 5.24. The second-order valence-corrected chi connectivity index (χ2v) is 8.21. The van der Waals surface area contributed by atoms with Crippen molar-refractivity contribution in [1.82, 2.24) is 0 Å². The van der Waals surface area contributed by atoms with Crippen molar-refractivity contribution >= 4 is 37.1 Å². The minimum absolute atomic E-state index is 0.171. The normalized spacial score (nSPS) is 12.3. The van der Waals surface area contributed by atoms with Crippen LogP contribution in [0, 0.1) is 0 Å². The van der Waals surface area contributed by atoms with E-state index in [-0.39, 0.29) is 5.88 Å². The number of benzene rings is 1. The zero-order valence-corrected chi connectivity index (χ0v) is 12.1. The first-order valence-electron chi connectivity index (χ1n) is 5.05. The zero-order valence-electron chi connectivity index (χ0n) is 9.76. The Hall–Kier alpha value is -0.790. The fourth-order valence-corrected chi connectivity index (χ4v) is 4.17. The third-order valence-electron chi connectivity index (χ3n) is 2.15. The van der Waals surface area contributed by atoms with Crippen LogP contribution < -0.4 is 4.72 Å². The van der Waals surface area contributed by atoms with Crippen LogP contribution in [0.3, 0.4) is 0 Å². The second kappa shape index (κ2) is 5.90. The Bertz CT molecular complexity index is 611. The second-order valence-electron chi connectivity index (χ2n) is 3.84. The maximum atomic E-state index is 11.7. The Labute approximate surface area is 112 Å². The van der Waals surface area contributed by atoms with Gasteiger partial charge in [0, 0.05) is 12.1 Å². The smallest absolute Gasteiger partial charge is 0.233 e. The van der Waals surface area contributed by atoms with E-state index < -0.39 is 31.4 Å². The van der Waals surface area contributed by atoms with E-state index in [2.05, 4.69) is 4.72 Å². The molecule has 0 amide bonds. The van der Waals surface area contributed by atoms with Crippen molar-refractivity contribution < 1.29 is 16.8 Å². The largest absolute Gasteiger partial charge is 0.283 e. The lowest BCUT2D eigenvalue weighted by Gasteiger charge is -2.10. The average Bonchev–Trinajstić information content (AvgIpc) is 2.26. The van der Waals surface area contributed by atoms with E-state index in [4.69, 9.17) is 11.6 Å². The molecule has 1 aromatic carbocycles. The van der Waals surface area contributed by atoms with Crippen molar-refractivity contribution in [1.29, 1.82) is 0 Å². The van der Waals surface area contributed by atoms with Crippen LogP contribution in [0.25, 0.3) is 0 Å². The van der Waals surface area contributed by atoms with Gasteiger partial charge < -0.3 is 0 Å². The minimum atomic E-state index is -3.69. The molecule has 0 unspecified atom stereocenters. The number of hydrogen-bond donors (Lipinski definition) is 1. The summed E-state index contributed by atoms with van der Waals surface area (Å²) in [6, 6.07) is 6.69. The summed E-state index contributed by atoms with van der Waals surface area (Å²) < 4.78 is 47.6. The topological polar surface area (TPSA) is 80.3 Å². The summed E-state index contributed by atoms with van der Waals surface area (Å²) in [4.78, 5) is 0. The van der Waals surface area contributed by atoms with Crippen LogP contribution in [0.5, 0.6) is 0 Å². The molecule has 18 heavy (non-hydrogen) atoms. The zero-order chi connectivity index (χ0) is 13.8. The monoisotopic (exact) mass is 311 g/mol. The molecular weight excluding hydrogens is 298 g/mol. The first-order chi connectivity index (χ1) is 8.23. The highest BCUT2D eigenvalue weighted by Crippen LogP contribution is 2.18. The molecule has 0 aliphatic heterocycles.